The molecule has 1 aliphatic carbocycles. The van der Waals surface area contributed by atoms with Gasteiger partial charge in [-0.25, -0.2) is 0 Å². The highest BCUT2D eigenvalue weighted by atomic mass is 16.5. The minimum absolute atomic E-state index is 0.0326. The second-order valence-electron chi connectivity index (χ2n) is 7.82. The summed E-state index contributed by atoms with van der Waals surface area (Å²) >= 11 is 0. The molecule has 0 unspecified atom stereocenters. The van der Waals surface area contributed by atoms with Crippen molar-refractivity contribution in [2.75, 3.05) is 13.7 Å². The number of aliphatic hydroxyl groups excluding tert-OH is 1. The summed E-state index contributed by atoms with van der Waals surface area (Å²) in [6.45, 7) is 2.54. The summed E-state index contributed by atoms with van der Waals surface area (Å²) in [5.41, 5.74) is 3.64. The molecule has 28 heavy (non-hydrogen) atoms. The molecule has 6 nitrogen and oxygen atoms in total. The smallest absolute Gasteiger partial charge is 0.221 e. The predicted molar refractivity (Wildman–Crippen MR) is 106 cm³/mol. The molecule has 1 saturated carbocycles. The highest BCUT2D eigenvalue weighted by Crippen LogP contribution is 2.38. The molecule has 1 fully saturated rings. The van der Waals surface area contributed by atoms with Gasteiger partial charge in [0.05, 0.1) is 25.5 Å². The molecule has 4 rings (SSSR count). The lowest BCUT2D eigenvalue weighted by atomic mass is 9.75. The Balaban J connectivity index is 1.36. The topological polar surface area (TPSA) is 74.7 Å². The Morgan fingerprint density at radius 1 is 1.29 bits per heavy atom. The highest BCUT2D eigenvalue weighted by Gasteiger charge is 2.36. The zero-order valence-electron chi connectivity index (χ0n) is 16.2. The monoisotopic (exact) mass is 381 g/mol. The van der Waals surface area contributed by atoms with Crippen molar-refractivity contribution in [1.82, 2.24) is 15.2 Å². The van der Waals surface area contributed by atoms with Gasteiger partial charge in [0.25, 0.3) is 0 Å². The van der Waals surface area contributed by atoms with Crippen molar-refractivity contribution < 1.29 is 14.6 Å². The Hall–Kier alpha value is -2.44. The minimum Gasteiger partial charge on any atom is -0.495 e. The molecule has 0 radical (unpaired) electrons. The second kappa shape index (κ2) is 8.29. The average molecular weight is 381 g/mol. The summed E-state index contributed by atoms with van der Waals surface area (Å²) in [4.78, 5) is 19.2. The van der Waals surface area contributed by atoms with E-state index in [9.17, 15) is 9.90 Å². The molecule has 6 heteroatoms. The summed E-state index contributed by atoms with van der Waals surface area (Å²) < 4.78 is 5.28. The van der Waals surface area contributed by atoms with Gasteiger partial charge in [-0.15, -0.1) is 0 Å². The van der Waals surface area contributed by atoms with Crippen LogP contribution in [-0.4, -0.2) is 40.7 Å². The van der Waals surface area contributed by atoms with Gasteiger partial charge >= 0.3 is 0 Å². The quantitative estimate of drug-likeness (QED) is 0.771. The number of carbonyl (C=O) groups excluding carboxylic acids is 1. The van der Waals surface area contributed by atoms with Crippen LogP contribution in [0.2, 0.25) is 0 Å². The Labute approximate surface area is 165 Å². The Morgan fingerprint density at radius 3 is 2.64 bits per heavy atom. The lowest BCUT2D eigenvalue weighted by Crippen LogP contribution is -2.42. The van der Waals surface area contributed by atoms with Gasteiger partial charge in [0.1, 0.15) is 5.75 Å². The SMILES string of the molecule is COc1cncc([C@@H](NC(=O)CCN2Cc3ccccc3C2)C2CC(O)C2)c1. The van der Waals surface area contributed by atoms with Crippen LogP contribution >= 0.6 is 0 Å². The summed E-state index contributed by atoms with van der Waals surface area (Å²) in [6, 6.07) is 10.2. The van der Waals surface area contributed by atoms with Crippen LogP contribution in [0.3, 0.4) is 0 Å². The molecule has 1 aromatic carbocycles. The van der Waals surface area contributed by atoms with E-state index in [1.807, 2.05) is 6.07 Å². The number of aromatic nitrogens is 1. The molecule has 1 atom stereocenters. The van der Waals surface area contributed by atoms with Crippen LogP contribution in [0.1, 0.15) is 42.0 Å². The maximum absolute atomic E-state index is 12.7. The molecule has 2 heterocycles. The third-order valence-corrected chi connectivity index (χ3v) is 5.83. The fourth-order valence-corrected chi connectivity index (χ4v) is 4.16. The van der Waals surface area contributed by atoms with Crippen LogP contribution in [0.15, 0.2) is 42.7 Å². The van der Waals surface area contributed by atoms with Gasteiger partial charge in [-0.1, -0.05) is 24.3 Å². The number of fused-ring (bicyclic) bond motifs is 1. The first-order chi connectivity index (χ1) is 13.6. The molecular formula is C22H27N3O3. The molecule has 0 saturated heterocycles. The first-order valence-electron chi connectivity index (χ1n) is 9.88. The number of rotatable bonds is 7. The largest absolute Gasteiger partial charge is 0.495 e. The van der Waals surface area contributed by atoms with E-state index in [0.29, 0.717) is 25.0 Å². The lowest BCUT2D eigenvalue weighted by Gasteiger charge is -2.38. The maximum Gasteiger partial charge on any atom is 0.221 e. The second-order valence-corrected chi connectivity index (χ2v) is 7.82. The van der Waals surface area contributed by atoms with E-state index in [1.54, 1.807) is 19.5 Å². The zero-order chi connectivity index (χ0) is 19.5. The number of hydrogen-bond acceptors (Lipinski definition) is 5. The maximum atomic E-state index is 12.7. The number of ether oxygens (including phenoxy) is 1. The highest BCUT2D eigenvalue weighted by molar-refractivity contribution is 5.76. The number of carbonyl (C=O) groups is 1. The van der Waals surface area contributed by atoms with Crippen LogP contribution < -0.4 is 10.1 Å². The number of pyridine rings is 1. The van der Waals surface area contributed by atoms with Crippen molar-refractivity contribution in [1.29, 1.82) is 0 Å². The van der Waals surface area contributed by atoms with Crippen LogP contribution in [0.4, 0.5) is 0 Å². The van der Waals surface area contributed by atoms with E-state index in [-0.39, 0.29) is 24.0 Å². The van der Waals surface area contributed by atoms with Crippen molar-refractivity contribution in [3.63, 3.8) is 0 Å². The number of nitrogens with zero attached hydrogens (tertiary/aromatic N) is 2. The summed E-state index contributed by atoms with van der Waals surface area (Å²) in [7, 11) is 1.61. The van der Waals surface area contributed by atoms with E-state index >= 15 is 0 Å². The van der Waals surface area contributed by atoms with E-state index in [1.165, 1.54) is 11.1 Å². The fourth-order valence-electron chi connectivity index (χ4n) is 4.16. The predicted octanol–water partition coefficient (Wildman–Crippen LogP) is 2.42. The molecule has 1 aromatic heterocycles. The summed E-state index contributed by atoms with van der Waals surface area (Å²) in [5.74, 6) is 0.931. The van der Waals surface area contributed by atoms with Gasteiger partial charge in [0.15, 0.2) is 0 Å². The molecule has 2 N–H and O–H groups in total. The van der Waals surface area contributed by atoms with Gasteiger partial charge in [-0.2, -0.15) is 0 Å². The van der Waals surface area contributed by atoms with Gasteiger partial charge in [0.2, 0.25) is 5.91 Å². The molecule has 0 spiro atoms. The molecule has 2 aromatic rings. The normalized spacial score (nSPS) is 22.2. The van der Waals surface area contributed by atoms with Crippen molar-refractivity contribution in [3.8, 4) is 5.75 Å². The van der Waals surface area contributed by atoms with E-state index in [2.05, 4.69) is 39.5 Å². The van der Waals surface area contributed by atoms with Gasteiger partial charge in [-0.3, -0.25) is 14.7 Å². The fraction of sp³-hybridized carbons (Fsp3) is 0.455. The molecule has 1 amide bonds. The molecular weight excluding hydrogens is 354 g/mol. The van der Waals surface area contributed by atoms with Gasteiger partial charge in [0, 0.05) is 32.3 Å². The van der Waals surface area contributed by atoms with Crippen molar-refractivity contribution in [2.24, 2.45) is 5.92 Å². The number of hydrogen-bond donors (Lipinski definition) is 2. The van der Waals surface area contributed by atoms with Crippen LogP contribution in [0.25, 0.3) is 0 Å². The number of aliphatic hydroxyl groups is 1. The first-order valence-corrected chi connectivity index (χ1v) is 9.88. The third-order valence-electron chi connectivity index (χ3n) is 5.83. The summed E-state index contributed by atoms with van der Waals surface area (Å²) in [6.07, 6.45) is 5.01. The molecule has 148 valence electrons. The number of benzene rings is 1. The molecule has 0 bridgehead atoms. The first kappa shape index (κ1) is 18.9. The van der Waals surface area contributed by atoms with Crippen LogP contribution in [-0.2, 0) is 17.9 Å². The van der Waals surface area contributed by atoms with Crippen LogP contribution in [0.5, 0.6) is 5.75 Å². The Bertz CT molecular complexity index is 810. The lowest BCUT2D eigenvalue weighted by molar-refractivity contribution is -0.123. The third kappa shape index (κ3) is 4.18. The summed E-state index contributed by atoms with van der Waals surface area (Å²) in [5, 5.41) is 12.9. The zero-order valence-corrected chi connectivity index (χ0v) is 16.2. The van der Waals surface area contributed by atoms with E-state index in [0.717, 1.165) is 25.2 Å². The van der Waals surface area contributed by atoms with Crippen LogP contribution in [0, 0.1) is 5.92 Å². The number of methoxy groups -OCH3 is 1. The van der Waals surface area contributed by atoms with E-state index < -0.39 is 0 Å². The standard InChI is InChI=1S/C22H27N3O3/c1-28-20-10-18(11-23-12-20)22(17-8-19(26)9-17)24-21(27)6-7-25-13-15-4-2-3-5-16(15)14-25/h2-5,10-12,17,19,22,26H,6-9,13-14H2,1H3,(H,24,27)/t17?,19?,22-/m0/s1. The van der Waals surface area contributed by atoms with Crippen molar-refractivity contribution >= 4 is 5.91 Å². The Kier molecular flexibility index (Phi) is 5.59. The van der Waals surface area contributed by atoms with Crippen molar-refractivity contribution in [3.05, 3.63) is 59.4 Å². The molecule has 2 aliphatic rings. The molecule has 1 aliphatic heterocycles. The van der Waals surface area contributed by atoms with Crippen molar-refractivity contribution in [2.45, 2.75) is 44.5 Å². The number of amides is 1. The van der Waals surface area contributed by atoms with E-state index in [4.69, 9.17) is 4.74 Å². The van der Waals surface area contributed by atoms with Gasteiger partial charge in [-0.05, 0) is 41.5 Å². The minimum atomic E-state index is -0.272. The Morgan fingerprint density at radius 2 is 2.00 bits per heavy atom. The van der Waals surface area contributed by atoms with Gasteiger partial charge < -0.3 is 15.2 Å². The number of nitrogens with one attached hydrogen (secondary N) is 1. The average Bonchev–Trinajstić information content (AvgIpc) is 3.11.